The number of anilines is 1. The Morgan fingerprint density at radius 3 is 2.10 bits per heavy atom. The van der Waals surface area contributed by atoms with Gasteiger partial charge < -0.3 is 19.3 Å². The van der Waals surface area contributed by atoms with Gasteiger partial charge in [-0.15, -0.1) is 0 Å². The van der Waals surface area contributed by atoms with E-state index in [0.717, 1.165) is 12.0 Å². The minimum absolute atomic E-state index is 0.00245. The van der Waals surface area contributed by atoms with E-state index in [2.05, 4.69) is 0 Å². The van der Waals surface area contributed by atoms with E-state index >= 15 is 0 Å². The van der Waals surface area contributed by atoms with Crippen molar-refractivity contribution in [3.63, 3.8) is 0 Å². The Morgan fingerprint density at radius 2 is 1.62 bits per heavy atom. The van der Waals surface area contributed by atoms with Crippen molar-refractivity contribution in [3.8, 4) is 5.75 Å². The minimum atomic E-state index is -5.08. The molecule has 0 spiro atoms. The van der Waals surface area contributed by atoms with Gasteiger partial charge in [-0.2, -0.15) is 26.3 Å². The van der Waals surface area contributed by atoms with Gasteiger partial charge in [0.25, 0.3) is 0 Å². The van der Waals surface area contributed by atoms with Crippen LogP contribution in [0.1, 0.15) is 54.1 Å². The Hall–Kier alpha value is -3.68. The molecule has 3 rings (SSSR count). The van der Waals surface area contributed by atoms with Crippen LogP contribution in [0.25, 0.3) is 0 Å². The van der Waals surface area contributed by atoms with Crippen molar-refractivity contribution in [1.29, 1.82) is 0 Å². The van der Waals surface area contributed by atoms with Crippen LogP contribution in [-0.4, -0.2) is 49.1 Å². The van der Waals surface area contributed by atoms with E-state index in [-0.39, 0.29) is 36.1 Å². The molecular formula is C26H28F6N2O6. The second-order valence-electron chi connectivity index (χ2n) is 9.06. The molecule has 0 fully saturated rings. The SMILES string of the molecule is CCOC(=O)N1c2cc(CO)c(OC)cc2[C@H](N(Cc2cc(C(F)(F)F)cc(C(F)(F)F)c2)C(=O)OC)C[C@@H]1C. The molecule has 1 aliphatic rings. The molecule has 220 valence electrons. The molecule has 0 saturated carbocycles. The van der Waals surface area contributed by atoms with Crippen molar-refractivity contribution >= 4 is 17.9 Å². The molecule has 8 nitrogen and oxygen atoms in total. The summed E-state index contributed by atoms with van der Waals surface area (Å²) in [5, 5.41) is 9.84. The fourth-order valence-corrected chi connectivity index (χ4v) is 4.70. The third kappa shape index (κ3) is 6.37. The average molecular weight is 579 g/mol. The number of halogens is 6. The lowest BCUT2D eigenvalue weighted by Gasteiger charge is -2.42. The first-order chi connectivity index (χ1) is 18.7. The number of aliphatic hydroxyl groups excluding tert-OH is 1. The van der Waals surface area contributed by atoms with Gasteiger partial charge in [0, 0.05) is 23.7 Å². The van der Waals surface area contributed by atoms with Crippen molar-refractivity contribution in [1.82, 2.24) is 4.90 Å². The highest BCUT2D eigenvalue weighted by atomic mass is 19.4. The first-order valence-corrected chi connectivity index (χ1v) is 12.1. The number of amides is 2. The molecule has 1 heterocycles. The van der Waals surface area contributed by atoms with Crippen LogP contribution in [0.2, 0.25) is 0 Å². The maximum absolute atomic E-state index is 13.5. The Balaban J connectivity index is 2.20. The molecule has 40 heavy (non-hydrogen) atoms. The van der Waals surface area contributed by atoms with Crippen molar-refractivity contribution in [3.05, 3.63) is 58.1 Å². The van der Waals surface area contributed by atoms with Crippen molar-refractivity contribution in [2.75, 3.05) is 25.7 Å². The Bertz CT molecular complexity index is 1220. The number of benzene rings is 2. The Labute approximate surface area is 226 Å². The number of methoxy groups -OCH3 is 2. The van der Waals surface area contributed by atoms with Gasteiger partial charge in [-0.1, -0.05) is 0 Å². The first-order valence-electron chi connectivity index (χ1n) is 12.1. The Kier molecular flexibility index (Phi) is 9.12. The molecule has 0 unspecified atom stereocenters. The van der Waals surface area contributed by atoms with Crippen molar-refractivity contribution in [2.45, 2.75) is 57.9 Å². The van der Waals surface area contributed by atoms with E-state index in [4.69, 9.17) is 14.2 Å². The zero-order valence-corrected chi connectivity index (χ0v) is 22.0. The molecule has 1 N–H and O–H groups in total. The third-order valence-corrected chi connectivity index (χ3v) is 6.47. The Morgan fingerprint density at radius 1 is 1.02 bits per heavy atom. The lowest BCUT2D eigenvalue weighted by atomic mass is 9.89. The van der Waals surface area contributed by atoms with Crippen LogP contribution >= 0.6 is 0 Å². The second kappa shape index (κ2) is 11.8. The van der Waals surface area contributed by atoms with E-state index in [1.165, 1.54) is 24.1 Å². The largest absolute Gasteiger partial charge is 0.496 e. The van der Waals surface area contributed by atoms with Crippen LogP contribution in [0, 0.1) is 0 Å². The fraction of sp³-hybridized carbons (Fsp3) is 0.462. The normalized spacial score (nSPS) is 17.2. The van der Waals surface area contributed by atoms with Gasteiger partial charge in [0.15, 0.2) is 0 Å². The van der Waals surface area contributed by atoms with Gasteiger partial charge in [-0.3, -0.25) is 9.80 Å². The second-order valence-corrected chi connectivity index (χ2v) is 9.06. The zero-order chi connectivity index (χ0) is 30.0. The highest BCUT2D eigenvalue weighted by Crippen LogP contribution is 2.45. The van der Waals surface area contributed by atoms with Gasteiger partial charge >= 0.3 is 24.5 Å². The molecule has 1 aliphatic heterocycles. The summed E-state index contributed by atoms with van der Waals surface area (Å²) in [5.74, 6) is 0.188. The highest BCUT2D eigenvalue weighted by Gasteiger charge is 2.41. The summed E-state index contributed by atoms with van der Waals surface area (Å²) in [5.41, 5.74) is -2.69. The number of hydrogen-bond acceptors (Lipinski definition) is 6. The number of hydrogen-bond donors (Lipinski definition) is 1. The lowest BCUT2D eigenvalue weighted by molar-refractivity contribution is -0.143. The topological polar surface area (TPSA) is 88.5 Å². The summed E-state index contributed by atoms with van der Waals surface area (Å²) < 4.78 is 96.2. The lowest BCUT2D eigenvalue weighted by Crippen LogP contribution is -2.47. The predicted octanol–water partition coefficient (Wildman–Crippen LogP) is 6.29. The molecule has 2 atom stereocenters. The predicted molar refractivity (Wildman–Crippen MR) is 130 cm³/mol. The average Bonchev–Trinajstić information content (AvgIpc) is 2.89. The summed E-state index contributed by atoms with van der Waals surface area (Å²) in [6.45, 7) is 2.14. The number of carbonyl (C=O) groups excluding carboxylic acids is 2. The first kappa shape index (κ1) is 30.9. The van der Waals surface area contributed by atoms with E-state index in [9.17, 15) is 41.0 Å². The number of alkyl halides is 6. The van der Waals surface area contributed by atoms with Crippen LogP contribution in [-0.2, 0) is 35.0 Å². The van der Waals surface area contributed by atoms with Gasteiger partial charge in [-0.05, 0) is 56.2 Å². The van der Waals surface area contributed by atoms with Crippen molar-refractivity contribution in [2.24, 2.45) is 0 Å². The van der Waals surface area contributed by atoms with Gasteiger partial charge in [-0.25, -0.2) is 9.59 Å². The molecule has 0 aliphatic carbocycles. The molecule has 2 aromatic rings. The summed E-state index contributed by atoms with van der Waals surface area (Å²) in [4.78, 5) is 28.1. The van der Waals surface area contributed by atoms with E-state index in [1.807, 2.05) is 0 Å². The highest BCUT2D eigenvalue weighted by molar-refractivity contribution is 5.91. The number of carbonyl (C=O) groups is 2. The third-order valence-electron chi connectivity index (χ3n) is 6.47. The van der Waals surface area contributed by atoms with Crippen molar-refractivity contribution < 1.29 is 55.2 Å². The molecule has 0 bridgehead atoms. The fourth-order valence-electron chi connectivity index (χ4n) is 4.70. The van der Waals surface area contributed by atoms with E-state index < -0.39 is 66.5 Å². The summed E-state index contributed by atoms with van der Waals surface area (Å²) in [7, 11) is 2.35. The summed E-state index contributed by atoms with van der Waals surface area (Å²) >= 11 is 0. The smallest absolute Gasteiger partial charge is 0.416 e. The number of ether oxygens (including phenoxy) is 3. The van der Waals surface area contributed by atoms with E-state index in [1.54, 1.807) is 13.8 Å². The number of rotatable bonds is 6. The molecule has 0 aromatic heterocycles. The molecule has 2 amide bonds. The quantitative estimate of drug-likeness (QED) is 0.406. The van der Waals surface area contributed by atoms with Crippen LogP contribution in [0.5, 0.6) is 5.75 Å². The minimum Gasteiger partial charge on any atom is -0.496 e. The van der Waals surface area contributed by atoms with Crippen LogP contribution < -0.4 is 9.64 Å². The van der Waals surface area contributed by atoms with E-state index in [0.29, 0.717) is 17.7 Å². The molecule has 14 heteroatoms. The standard InChI is InChI=1S/C26H28F6N2O6/c1-5-40-24(37)34-14(2)6-20(19-11-22(38-3)16(13-35)9-21(19)34)33(23(36)39-4)12-15-7-17(25(27,28)29)10-18(8-15)26(30,31)32/h7-11,14,20,35H,5-6,12-13H2,1-4H3/t14-,20+/m0/s1. The number of nitrogens with zero attached hydrogens (tertiary/aromatic N) is 2. The molecule has 0 radical (unpaired) electrons. The van der Waals surface area contributed by atoms with Crippen LogP contribution in [0.15, 0.2) is 30.3 Å². The monoisotopic (exact) mass is 578 g/mol. The maximum Gasteiger partial charge on any atom is 0.416 e. The number of aliphatic hydroxyl groups is 1. The molecule has 2 aromatic carbocycles. The summed E-state index contributed by atoms with van der Waals surface area (Å²) in [6.07, 6.45) is -11.9. The summed E-state index contributed by atoms with van der Waals surface area (Å²) in [6, 6.07) is 2.37. The van der Waals surface area contributed by atoms with Gasteiger partial charge in [0.2, 0.25) is 0 Å². The van der Waals surface area contributed by atoms with Crippen LogP contribution in [0.3, 0.4) is 0 Å². The van der Waals surface area contributed by atoms with Gasteiger partial charge in [0.1, 0.15) is 5.75 Å². The molecule has 0 saturated heterocycles. The number of fused-ring (bicyclic) bond motifs is 1. The maximum atomic E-state index is 13.5. The zero-order valence-electron chi connectivity index (χ0n) is 22.0. The van der Waals surface area contributed by atoms with Crippen LogP contribution in [0.4, 0.5) is 41.6 Å². The molecular weight excluding hydrogens is 550 g/mol. The van der Waals surface area contributed by atoms with Gasteiger partial charge in [0.05, 0.1) is 50.3 Å².